The molecule has 1 aliphatic heterocycles. The monoisotopic (exact) mass is 436 g/mol. The highest BCUT2D eigenvalue weighted by molar-refractivity contribution is 7.99. The Morgan fingerprint density at radius 1 is 0.793 bits per heavy atom. The van der Waals surface area contributed by atoms with Crippen molar-refractivity contribution in [3.05, 3.63) is 88.4 Å². The molecule has 0 aliphatic carbocycles. The first-order valence-corrected chi connectivity index (χ1v) is 10.7. The fourth-order valence-electron chi connectivity index (χ4n) is 3.19. The fourth-order valence-corrected chi connectivity index (χ4v) is 4.52. The first kappa shape index (κ1) is 18.4. The van der Waals surface area contributed by atoms with Gasteiger partial charge in [0.15, 0.2) is 5.82 Å². The predicted octanol–water partition coefficient (Wildman–Crippen LogP) is 6.28. The van der Waals surface area contributed by atoms with Gasteiger partial charge in [0.25, 0.3) is 0 Å². The van der Waals surface area contributed by atoms with Crippen molar-refractivity contribution in [3.8, 4) is 22.5 Å². The van der Waals surface area contributed by atoms with Gasteiger partial charge >= 0.3 is 0 Å². The molecule has 0 amide bonds. The van der Waals surface area contributed by atoms with Crippen molar-refractivity contribution < 1.29 is 0 Å². The van der Waals surface area contributed by atoms with Gasteiger partial charge in [0.1, 0.15) is 0 Å². The van der Waals surface area contributed by atoms with E-state index in [1.807, 2.05) is 24.3 Å². The lowest BCUT2D eigenvalue weighted by Crippen LogP contribution is -2.13. The molecular weight excluding hydrogens is 423 g/mol. The smallest absolute Gasteiger partial charge is 0.186 e. The van der Waals surface area contributed by atoms with Crippen LogP contribution in [0.3, 0.4) is 0 Å². The summed E-state index contributed by atoms with van der Waals surface area (Å²) < 4.78 is 1.75. The molecule has 4 nitrogen and oxygen atoms in total. The summed E-state index contributed by atoms with van der Waals surface area (Å²) in [6.45, 7) is 0. The summed E-state index contributed by atoms with van der Waals surface area (Å²) in [6, 6.07) is 24.1. The summed E-state index contributed by atoms with van der Waals surface area (Å²) >= 11 is 14.0. The van der Waals surface area contributed by atoms with Gasteiger partial charge < -0.3 is 0 Å². The first-order valence-electron chi connectivity index (χ1n) is 8.96. The van der Waals surface area contributed by atoms with E-state index in [9.17, 15) is 0 Å². The van der Waals surface area contributed by atoms with E-state index in [4.69, 9.17) is 28.3 Å². The van der Waals surface area contributed by atoms with Crippen LogP contribution in [0.1, 0.15) is 5.56 Å². The van der Waals surface area contributed by atoms with Crippen LogP contribution in [-0.4, -0.2) is 26.3 Å². The van der Waals surface area contributed by atoms with Gasteiger partial charge in [0.2, 0.25) is 5.16 Å². The van der Waals surface area contributed by atoms with Crippen molar-refractivity contribution >= 4 is 40.7 Å². The van der Waals surface area contributed by atoms with Crippen molar-refractivity contribution in [3.63, 3.8) is 0 Å². The van der Waals surface area contributed by atoms with Crippen molar-refractivity contribution in [2.45, 2.75) is 5.16 Å². The van der Waals surface area contributed by atoms with Crippen LogP contribution in [0.15, 0.2) is 83.1 Å². The molecule has 0 saturated carbocycles. The van der Waals surface area contributed by atoms with E-state index in [1.165, 1.54) is 11.1 Å². The van der Waals surface area contributed by atoms with Crippen LogP contribution in [0, 0.1) is 0 Å². The summed E-state index contributed by atoms with van der Waals surface area (Å²) in [6.07, 6.45) is 0. The highest BCUT2D eigenvalue weighted by Crippen LogP contribution is 2.33. The molecule has 1 aromatic heterocycles. The quantitative estimate of drug-likeness (QED) is 0.379. The summed E-state index contributed by atoms with van der Waals surface area (Å²) in [5, 5.41) is 15.2. The van der Waals surface area contributed by atoms with Gasteiger partial charge in [-0.25, -0.2) is 0 Å². The molecule has 0 saturated heterocycles. The molecule has 29 heavy (non-hydrogen) atoms. The van der Waals surface area contributed by atoms with Gasteiger partial charge in [0.05, 0.1) is 10.7 Å². The lowest BCUT2D eigenvalue weighted by Gasteiger charge is -2.14. The van der Waals surface area contributed by atoms with Crippen LogP contribution in [0.25, 0.3) is 22.5 Å². The Hall–Kier alpha value is -2.60. The number of fused-ring (bicyclic) bond motifs is 1. The second-order valence-electron chi connectivity index (χ2n) is 6.52. The average Bonchev–Trinajstić information content (AvgIpc) is 3.17. The molecule has 142 valence electrons. The van der Waals surface area contributed by atoms with Crippen molar-refractivity contribution in [2.24, 2.45) is 5.10 Å². The van der Waals surface area contributed by atoms with Gasteiger partial charge in [-0.05, 0) is 34.9 Å². The SMILES string of the molecule is Clc1ccc(-c2nnc3n2N=C(c2ccc(-c4ccccc4)cc2)CS3)c(Cl)c1. The van der Waals surface area contributed by atoms with E-state index in [2.05, 4.69) is 46.6 Å². The number of benzene rings is 3. The van der Waals surface area contributed by atoms with E-state index in [0.717, 1.165) is 27.7 Å². The zero-order valence-corrected chi connectivity index (χ0v) is 17.4. The molecule has 0 N–H and O–H groups in total. The Bertz CT molecular complexity index is 1220. The number of aromatic nitrogens is 3. The Labute approximate surface area is 182 Å². The number of nitrogens with zero attached hydrogens (tertiary/aromatic N) is 4. The van der Waals surface area contributed by atoms with Crippen molar-refractivity contribution in [1.82, 2.24) is 14.9 Å². The van der Waals surface area contributed by atoms with Crippen LogP contribution >= 0.6 is 35.0 Å². The number of rotatable bonds is 3. The van der Waals surface area contributed by atoms with Crippen LogP contribution in [0.2, 0.25) is 10.0 Å². The highest BCUT2D eigenvalue weighted by Gasteiger charge is 2.22. The number of hydrogen-bond donors (Lipinski definition) is 0. The topological polar surface area (TPSA) is 43.1 Å². The molecular formula is C22H14Cl2N4S. The molecule has 0 bridgehead atoms. The van der Waals surface area contributed by atoms with Crippen molar-refractivity contribution in [2.75, 3.05) is 5.75 Å². The molecule has 7 heteroatoms. The molecule has 0 unspecified atom stereocenters. The Morgan fingerprint density at radius 2 is 1.52 bits per heavy atom. The summed E-state index contributed by atoms with van der Waals surface area (Å²) in [5.74, 6) is 1.34. The number of hydrogen-bond acceptors (Lipinski definition) is 4. The third kappa shape index (κ3) is 3.57. The summed E-state index contributed by atoms with van der Waals surface area (Å²) in [7, 11) is 0. The van der Waals surface area contributed by atoms with E-state index >= 15 is 0 Å². The third-order valence-corrected chi connectivity index (χ3v) is 6.15. The maximum absolute atomic E-state index is 6.37. The minimum atomic E-state index is 0.521. The minimum Gasteiger partial charge on any atom is -0.186 e. The molecule has 5 rings (SSSR count). The molecule has 2 heterocycles. The van der Waals surface area contributed by atoms with E-state index in [0.29, 0.717) is 15.9 Å². The molecule has 0 atom stereocenters. The molecule has 0 spiro atoms. The summed E-state index contributed by atoms with van der Waals surface area (Å²) in [5.41, 5.74) is 5.16. The lowest BCUT2D eigenvalue weighted by atomic mass is 10.0. The van der Waals surface area contributed by atoms with Gasteiger partial charge in [-0.3, -0.25) is 0 Å². The van der Waals surface area contributed by atoms with Gasteiger partial charge in [-0.1, -0.05) is 89.6 Å². The highest BCUT2D eigenvalue weighted by atomic mass is 35.5. The van der Waals surface area contributed by atoms with Crippen molar-refractivity contribution in [1.29, 1.82) is 0 Å². The molecule has 1 aliphatic rings. The zero-order chi connectivity index (χ0) is 19.8. The molecule has 4 aromatic rings. The number of thioether (sulfide) groups is 1. The van der Waals surface area contributed by atoms with Crippen LogP contribution in [0.4, 0.5) is 0 Å². The van der Waals surface area contributed by atoms with E-state index < -0.39 is 0 Å². The van der Waals surface area contributed by atoms with E-state index in [-0.39, 0.29) is 0 Å². The van der Waals surface area contributed by atoms with Crippen LogP contribution in [-0.2, 0) is 0 Å². The summed E-state index contributed by atoms with van der Waals surface area (Å²) in [4.78, 5) is 0. The average molecular weight is 437 g/mol. The normalized spacial score (nSPS) is 13.1. The maximum Gasteiger partial charge on any atom is 0.212 e. The molecule has 3 aromatic carbocycles. The van der Waals surface area contributed by atoms with Gasteiger partial charge in [0, 0.05) is 16.3 Å². The minimum absolute atomic E-state index is 0.521. The number of halogens is 2. The Balaban J connectivity index is 1.51. The molecule has 0 radical (unpaired) electrons. The van der Waals surface area contributed by atoms with Crippen LogP contribution in [0.5, 0.6) is 0 Å². The van der Waals surface area contributed by atoms with E-state index in [1.54, 1.807) is 28.6 Å². The lowest BCUT2D eigenvalue weighted by molar-refractivity contribution is 0.762. The second-order valence-corrected chi connectivity index (χ2v) is 8.31. The molecule has 0 fully saturated rings. The predicted molar refractivity (Wildman–Crippen MR) is 120 cm³/mol. The van der Waals surface area contributed by atoms with Gasteiger partial charge in [-0.2, -0.15) is 9.78 Å². The van der Waals surface area contributed by atoms with Crippen LogP contribution < -0.4 is 0 Å². The first-order chi connectivity index (χ1) is 14.2. The standard InChI is InChI=1S/C22H14Cl2N4S/c23-17-10-11-18(19(24)12-17)21-25-26-22-28(21)27-20(13-29-22)16-8-6-15(7-9-16)14-4-2-1-3-5-14/h1-12H,13H2. The zero-order valence-electron chi connectivity index (χ0n) is 15.1. The Kier molecular flexibility index (Phi) is 4.87. The Morgan fingerprint density at radius 3 is 2.28 bits per heavy atom. The maximum atomic E-state index is 6.37. The second kappa shape index (κ2) is 7.67. The third-order valence-electron chi connectivity index (χ3n) is 4.67. The fraction of sp³-hybridized carbons (Fsp3) is 0.0455. The van der Waals surface area contributed by atoms with Gasteiger partial charge in [-0.15, -0.1) is 10.2 Å². The largest absolute Gasteiger partial charge is 0.212 e.